The average Bonchev–Trinajstić information content (AvgIpc) is 3.10. The van der Waals surface area contributed by atoms with E-state index >= 15 is 0 Å². The second-order valence-corrected chi connectivity index (χ2v) is 5.55. The van der Waals surface area contributed by atoms with Crippen LogP contribution in [-0.4, -0.2) is 11.5 Å². The lowest BCUT2D eigenvalue weighted by atomic mass is 10.1. The Hall–Kier alpha value is -1.09. The van der Waals surface area contributed by atoms with Gasteiger partial charge in [-0.25, -0.2) is 0 Å². The molecule has 0 heterocycles. The standard InChI is InChI=1S/C14H20N2S/c1-9-3-6-13(12(7-9)14(15)17)16-8-10(2)11-4-5-11/h3,6-7,10-11,16H,4-5,8H2,1-2H3,(H2,15,17). The van der Waals surface area contributed by atoms with E-state index in [0.29, 0.717) is 4.99 Å². The number of anilines is 1. The van der Waals surface area contributed by atoms with E-state index in [4.69, 9.17) is 18.0 Å². The van der Waals surface area contributed by atoms with Crippen molar-refractivity contribution in [3.05, 3.63) is 29.3 Å². The Bertz CT molecular complexity index is 424. The summed E-state index contributed by atoms with van der Waals surface area (Å²) in [5.74, 6) is 1.65. The molecule has 1 atom stereocenters. The smallest absolute Gasteiger partial charge is 0.106 e. The van der Waals surface area contributed by atoms with E-state index in [1.54, 1.807) is 0 Å². The Balaban J connectivity index is 2.06. The average molecular weight is 248 g/mol. The van der Waals surface area contributed by atoms with Gasteiger partial charge in [0.25, 0.3) is 0 Å². The largest absolute Gasteiger partial charge is 0.389 e. The van der Waals surface area contributed by atoms with Crippen LogP contribution in [-0.2, 0) is 0 Å². The van der Waals surface area contributed by atoms with Gasteiger partial charge in [0.1, 0.15) is 4.99 Å². The lowest BCUT2D eigenvalue weighted by molar-refractivity contribution is 0.536. The number of hydrogen-bond acceptors (Lipinski definition) is 2. The molecule has 3 N–H and O–H groups in total. The molecule has 0 saturated heterocycles. The summed E-state index contributed by atoms with van der Waals surface area (Å²) in [4.78, 5) is 0.468. The third kappa shape index (κ3) is 3.19. The molecule has 1 aliphatic carbocycles. The van der Waals surface area contributed by atoms with Crippen LogP contribution in [0.4, 0.5) is 5.69 Å². The molecule has 0 bridgehead atoms. The fraction of sp³-hybridized carbons (Fsp3) is 0.500. The molecule has 1 aromatic rings. The molecule has 3 heteroatoms. The topological polar surface area (TPSA) is 38.0 Å². The summed E-state index contributed by atoms with van der Waals surface area (Å²) in [7, 11) is 0. The first kappa shape index (κ1) is 12.4. The third-order valence-corrected chi connectivity index (χ3v) is 3.70. The summed E-state index contributed by atoms with van der Waals surface area (Å²) < 4.78 is 0. The number of thiocarbonyl (C=S) groups is 1. The number of nitrogens with two attached hydrogens (primary N) is 1. The quantitative estimate of drug-likeness (QED) is 0.786. The zero-order valence-electron chi connectivity index (χ0n) is 10.5. The van der Waals surface area contributed by atoms with E-state index in [2.05, 4.69) is 31.3 Å². The van der Waals surface area contributed by atoms with Crippen LogP contribution in [0.2, 0.25) is 0 Å². The monoisotopic (exact) mass is 248 g/mol. The van der Waals surface area contributed by atoms with Crippen molar-refractivity contribution in [1.82, 2.24) is 0 Å². The van der Waals surface area contributed by atoms with Crippen molar-refractivity contribution in [3.63, 3.8) is 0 Å². The van der Waals surface area contributed by atoms with E-state index in [1.807, 2.05) is 6.07 Å². The number of hydrogen-bond donors (Lipinski definition) is 2. The molecular formula is C14H20N2S. The van der Waals surface area contributed by atoms with Gasteiger partial charge < -0.3 is 11.1 Å². The Morgan fingerprint density at radius 3 is 2.82 bits per heavy atom. The summed E-state index contributed by atoms with van der Waals surface area (Å²) in [5, 5.41) is 3.48. The highest BCUT2D eigenvalue weighted by Crippen LogP contribution is 2.36. The van der Waals surface area contributed by atoms with E-state index in [0.717, 1.165) is 29.6 Å². The summed E-state index contributed by atoms with van der Waals surface area (Å²) in [6.07, 6.45) is 2.78. The molecule has 0 radical (unpaired) electrons. The van der Waals surface area contributed by atoms with Crippen LogP contribution in [0.1, 0.15) is 30.9 Å². The molecule has 1 saturated carbocycles. The molecule has 0 spiro atoms. The summed E-state index contributed by atoms with van der Waals surface area (Å²) in [6, 6.07) is 6.21. The SMILES string of the molecule is Cc1ccc(NCC(C)C2CC2)c(C(N)=S)c1. The van der Waals surface area contributed by atoms with Crippen LogP contribution in [0.15, 0.2) is 18.2 Å². The molecule has 0 aromatic heterocycles. The lowest BCUT2D eigenvalue weighted by Gasteiger charge is -2.15. The van der Waals surface area contributed by atoms with Crippen LogP contribution in [0.25, 0.3) is 0 Å². The molecule has 1 aromatic carbocycles. The maximum absolute atomic E-state index is 5.75. The zero-order valence-corrected chi connectivity index (χ0v) is 11.3. The molecule has 1 fully saturated rings. The maximum Gasteiger partial charge on any atom is 0.106 e. The molecule has 0 amide bonds. The highest BCUT2D eigenvalue weighted by Gasteiger charge is 2.27. The van der Waals surface area contributed by atoms with Crippen molar-refractivity contribution >= 4 is 22.9 Å². The van der Waals surface area contributed by atoms with Crippen LogP contribution in [0.5, 0.6) is 0 Å². The molecule has 0 aliphatic heterocycles. The van der Waals surface area contributed by atoms with Gasteiger partial charge in [0.05, 0.1) is 0 Å². The minimum absolute atomic E-state index is 0.468. The van der Waals surface area contributed by atoms with E-state index in [9.17, 15) is 0 Å². The second kappa shape index (κ2) is 5.05. The molecule has 2 nitrogen and oxygen atoms in total. The van der Waals surface area contributed by atoms with E-state index in [1.165, 1.54) is 18.4 Å². The number of nitrogens with one attached hydrogen (secondary N) is 1. The molecule has 1 unspecified atom stereocenters. The van der Waals surface area contributed by atoms with Gasteiger partial charge in [-0.3, -0.25) is 0 Å². The van der Waals surface area contributed by atoms with Gasteiger partial charge >= 0.3 is 0 Å². The molecule has 1 aliphatic rings. The molecule has 17 heavy (non-hydrogen) atoms. The lowest BCUT2D eigenvalue weighted by Crippen LogP contribution is -2.17. The van der Waals surface area contributed by atoms with Crippen LogP contribution < -0.4 is 11.1 Å². The fourth-order valence-electron chi connectivity index (χ4n) is 2.12. The zero-order chi connectivity index (χ0) is 12.4. The minimum atomic E-state index is 0.468. The van der Waals surface area contributed by atoms with Crippen molar-refractivity contribution in [3.8, 4) is 0 Å². The van der Waals surface area contributed by atoms with E-state index < -0.39 is 0 Å². The van der Waals surface area contributed by atoms with Crippen molar-refractivity contribution in [1.29, 1.82) is 0 Å². The summed E-state index contributed by atoms with van der Waals surface area (Å²) >= 11 is 5.09. The number of rotatable bonds is 5. The van der Waals surface area contributed by atoms with Crippen LogP contribution in [0, 0.1) is 18.8 Å². The normalized spacial score (nSPS) is 16.6. The predicted octanol–water partition coefficient (Wildman–Crippen LogP) is 3.09. The van der Waals surface area contributed by atoms with Crippen molar-refractivity contribution in [2.45, 2.75) is 26.7 Å². The van der Waals surface area contributed by atoms with Crippen molar-refractivity contribution in [2.75, 3.05) is 11.9 Å². The van der Waals surface area contributed by atoms with Crippen molar-refractivity contribution in [2.24, 2.45) is 17.6 Å². The third-order valence-electron chi connectivity index (χ3n) is 3.48. The highest BCUT2D eigenvalue weighted by atomic mass is 32.1. The van der Waals surface area contributed by atoms with Gasteiger partial charge in [-0.15, -0.1) is 0 Å². The minimum Gasteiger partial charge on any atom is -0.389 e. The Morgan fingerprint density at radius 1 is 1.53 bits per heavy atom. The Labute approximate surface area is 109 Å². The van der Waals surface area contributed by atoms with Gasteiger partial charge in [0.15, 0.2) is 0 Å². The maximum atomic E-state index is 5.75. The van der Waals surface area contributed by atoms with Crippen LogP contribution in [0.3, 0.4) is 0 Å². The Kier molecular flexibility index (Phi) is 3.67. The van der Waals surface area contributed by atoms with Crippen molar-refractivity contribution < 1.29 is 0 Å². The number of benzene rings is 1. The molecule has 92 valence electrons. The first-order valence-corrected chi connectivity index (χ1v) is 6.63. The van der Waals surface area contributed by atoms with Gasteiger partial charge in [-0.05, 0) is 43.7 Å². The summed E-state index contributed by atoms with van der Waals surface area (Å²) in [5.41, 5.74) is 8.97. The van der Waals surface area contributed by atoms with Crippen LogP contribution >= 0.6 is 12.2 Å². The van der Waals surface area contributed by atoms with Gasteiger partial charge in [-0.2, -0.15) is 0 Å². The first-order chi connectivity index (χ1) is 8.08. The molecule has 2 rings (SSSR count). The van der Waals surface area contributed by atoms with Gasteiger partial charge in [-0.1, -0.05) is 30.8 Å². The van der Waals surface area contributed by atoms with Gasteiger partial charge in [0.2, 0.25) is 0 Å². The van der Waals surface area contributed by atoms with Gasteiger partial charge in [0, 0.05) is 17.8 Å². The second-order valence-electron chi connectivity index (χ2n) is 5.11. The highest BCUT2D eigenvalue weighted by molar-refractivity contribution is 7.80. The fourth-order valence-corrected chi connectivity index (χ4v) is 2.29. The first-order valence-electron chi connectivity index (χ1n) is 6.22. The Morgan fingerprint density at radius 2 is 2.24 bits per heavy atom. The predicted molar refractivity (Wildman–Crippen MR) is 77.4 cm³/mol. The number of aryl methyl sites for hydroxylation is 1. The summed E-state index contributed by atoms with van der Waals surface area (Å²) in [6.45, 7) is 5.36. The molecular weight excluding hydrogens is 228 g/mol. The van der Waals surface area contributed by atoms with E-state index in [-0.39, 0.29) is 0 Å².